The van der Waals surface area contributed by atoms with Crippen molar-refractivity contribution in [1.29, 1.82) is 0 Å². The van der Waals surface area contributed by atoms with Gasteiger partial charge in [0.15, 0.2) is 0 Å². The van der Waals surface area contributed by atoms with E-state index in [2.05, 4.69) is 22.2 Å². The molecule has 1 heterocycles. The fourth-order valence-electron chi connectivity index (χ4n) is 1.04. The zero-order valence-corrected chi connectivity index (χ0v) is 7.40. The summed E-state index contributed by atoms with van der Waals surface area (Å²) in [4.78, 5) is 3.97. The summed E-state index contributed by atoms with van der Waals surface area (Å²) in [6.07, 6.45) is 10.6. The Bertz CT molecular complexity index is 257. The molecule has 1 rings (SSSR count). The van der Waals surface area contributed by atoms with Crippen molar-refractivity contribution in [2.45, 2.75) is 19.9 Å². The maximum absolute atomic E-state index is 3.97. The summed E-state index contributed by atoms with van der Waals surface area (Å²) in [5, 5.41) is 0. The molecule has 0 N–H and O–H groups in total. The number of allylic oxidation sites excluding steroid dienone is 3. The van der Waals surface area contributed by atoms with Crippen molar-refractivity contribution in [1.82, 2.24) is 9.55 Å². The van der Waals surface area contributed by atoms with Gasteiger partial charge in [0.2, 0.25) is 0 Å². The molecule has 0 saturated heterocycles. The minimum absolute atomic E-state index is 0.978. The quantitative estimate of drug-likeness (QED) is 0.622. The Labute approximate surface area is 73.2 Å². The molecule has 0 atom stereocenters. The largest absolute Gasteiger partial charge is 0.337 e. The number of aryl methyl sites for hydroxylation is 1. The normalized spacial score (nSPS) is 11.6. The first-order chi connectivity index (χ1) is 5.86. The van der Waals surface area contributed by atoms with Crippen molar-refractivity contribution < 1.29 is 0 Å². The van der Waals surface area contributed by atoms with Crippen LogP contribution in [0.2, 0.25) is 0 Å². The van der Waals surface area contributed by atoms with Gasteiger partial charge in [-0.05, 0) is 13.3 Å². The lowest BCUT2D eigenvalue weighted by Crippen LogP contribution is -1.94. The third kappa shape index (κ3) is 2.38. The van der Waals surface area contributed by atoms with Gasteiger partial charge in [-0.15, -0.1) is 0 Å². The van der Waals surface area contributed by atoms with Crippen molar-refractivity contribution >= 4 is 0 Å². The standard InChI is InChI=1S/C10H14N2/c1-3-10(4-2)5-7-12-8-6-11-9-12/h3-4,6,8-9H,1,5,7H2,2H3. The molecule has 0 aliphatic heterocycles. The topological polar surface area (TPSA) is 17.8 Å². The van der Waals surface area contributed by atoms with E-state index in [4.69, 9.17) is 0 Å². The fraction of sp³-hybridized carbons (Fsp3) is 0.300. The number of imidazole rings is 1. The molecule has 0 spiro atoms. The third-order valence-electron chi connectivity index (χ3n) is 1.85. The van der Waals surface area contributed by atoms with Crippen molar-refractivity contribution in [2.24, 2.45) is 0 Å². The molecule has 0 aromatic carbocycles. The van der Waals surface area contributed by atoms with Crippen LogP contribution in [-0.2, 0) is 6.54 Å². The Kier molecular flexibility index (Phi) is 3.33. The van der Waals surface area contributed by atoms with Gasteiger partial charge in [0.25, 0.3) is 0 Å². The number of nitrogens with zero attached hydrogens (tertiary/aromatic N) is 2. The summed E-state index contributed by atoms with van der Waals surface area (Å²) in [6, 6.07) is 0. The van der Waals surface area contributed by atoms with Gasteiger partial charge in [-0.25, -0.2) is 4.98 Å². The van der Waals surface area contributed by atoms with Crippen LogP contribution >= 0.6 is 0 Å². The number of aromatic nitrogens is 2. The molecule has 1 aromatic rings. The predicted octanol–water partition coefficient (Wildman–Crippen LogP) is 2.41. The van der Waals surface area contributed by atoms with Crippen molar-refractivity contribution in [2.75, 3.05) is 0 Å². The molecule has 64 valence electrons. The molecular formula is C10H14N2. The fourth-order valence-corrected chi connectivity index (χ4v) is 1.04. The SMILES string of the molecule is C=CC(=CC)CCn1ccnc1. The third-order valence-corrected chi connectivity index (χ3v) is 1.85. The smallest absolute Gasteiger partial charge is 0.0946 e. The van der Waals surface area contributed by atoms with Gasteiger partial charge in [0.05, 0.1) is 6.33 Å². The molecule has 0 fully saturated rings. The molecule has 12 heavy (non-hydrogen) atoms. The summed E-state index contributed by atoms with van der Waals surface area (Å²) < 4.78 is 2.06. The van der Waals surface area contributed by atoms with E-state index in [1.54, 1.807) is 6.20 Å². The zero-order chi connectivity index (χ0) is 8.81. The average Bonchev–Trinajstić information content (AvgIpc) is 2.59. The Morgan fingerprint density at radius 2 is 2.50 bits per heavy atom. The van der Waals surface area contributed by atoms with Crippen molar-refractivity contribution in [3.05, 3.63) is 43.0 Å². The molecule has 0 aliphatic rings. The maximum atomic E-state index is 3.97. The molecule has 0 bridgehead atoms. The molecule has 2 heteroatoms. The molecule has 0 aliphatic carbocycles. The highest BCUT2D eigenvalue weighted by atomic mass is 15.0. The summed E-state index contributed by atoms with van der Waals surface area (Å²) in [5.74, 6) is 0. The molecule has 2 nitrogen and oxygen atoms in total. The van der Waals surface area contributed by atoms with Crippen LogP contribution in [0.25, 0.3) is 0 Å². The van der Waals surface area contributed by atoms with Gasteiger partial charge in [0, 0.05) is 18.9 Å². The monoisotopic (exact) mass is 162 g/mol. The lowest BCUT2D eigenvalue weighted by molar-refractivity contribution is 0.697. The minimum atomic E-state index is 0.978. The van der Waals surface area contributed by atoms with Gasteiger partial charge in [-0.2, -0.15) is 0 Å². The lowest BCUT2D eigenvalue weighted by Gasteiger charge is -2.01. The Morgan fingerprint density at radius 3 is 3.00 bits per heavy atom. The van der Waals surface area contributed by atoms with E-state index in [1.165, 1.54) is 5.57 Å². The van der Waals surface area contributed by atoms with E-state index in [9.17, 15) is 0 Å². The van der Waals surface area contributed by atoms with Crippen LogP contribution in [-0.4, -0.2) is 9.55 Å². The molecular weight excluding hydrogens is 148 g/mol. The van der Waals surface area contributed by atoms with E-state index in [1.807, 2.05) is 25.5 Å². The second-order valence-electron chi connectivity index (χ2n) is 2.62. The highest BCUT2D eigenvalue weighted by molar-refractivity contribution is 5.14. The minimum Gasteiger partial charge on any atom is -0.337 e. The average molecular weight is 162 g/mol. The van der Waals surface area contributed by atoms with E-state index >= 15 is 0 Å². The number of rotatable bonds is 4. The first-order valence-corrected chi connectivity index (χ1v) is 4.10. The van der Waals surface area contributed by atoms with Crippen LogP contribution in [0, 0.1) is 0 Å². The van der Waals surface area contributed by atoms with Gasteiger partial charge < -0.3 is 4.57 Å². The van der Waals surface area contributed by atoms with Gasteiger partial charge >= 0.3 is 0 Å². The Morgan fingerprint density at radius 1 is 1.67 bits per heavy atom. The molecule has 0 radical (unpaired) electrons. The summed E-state index contributed by atoms with van der Waals surface area (Å²) in [7, 11) is 0. The lowest BCUT2D eigenvalue weighted by atomic mass is 10.2. The van der Waals surface area contributed by atoms with Gasteiger partial charge in [-0.3, -0.25) is 0 Å². The first kappa shape index (κ1) is 8.78. The highest BCUT2D eigenvalue weighted by Gasteiger charge is 1.91. The van der Waals surface area contributed by atoms with E-state index in [0.717, 1.165) is 13.0 Å². The maximum Gasteiger partial charge on any atom is 0.0946 e. The summed E-state index contributed by atoms with van der Waals surface area (Å²) in [5.41, 5.74) is 1.28. The van der Waals surface area contributed by atoms with Crippen LogP contribution in [0.5, 0.6) is 0 Å². The van der Waals surface area contributed by atoms with Crippen LogP contribution in [0.3, 0.4) is 0 Å². The van der Waals surface area contributed by atoms with E-state index in [0.29, 0.717) is 0 Å². The molecule has 0 unspecified atom stereocenters. The number of hydrogen-bond acceptors (Lipinski definition) is 1. The number of hydrogen-bond donors (Lipinski definition) is 0. The summed E-state index contributed by atoms with van der Waals surface area (Å²) in [6.45, 7) is 6.75. The van der Waals surface area contributed by atoms with Crippen molar-refractivity contribution in [3.63, 3.8) is 0 Å². The van der Waals surface area contributed by atoms with Crippen LogP contribution < -0.4 is 0 Å². The van der Waals surface area contributed by atoms with Gasteiger partial charge in [-0.1, -0.05) is 24.3 Å². The summed E-state index contributed by atoms with van der Waals surface area (Å²) >= 11 is 0. The highest BCUT2D eigenvalue weighted by Crippen LogP contribution is 2.03. The zero-order valence-electron chi connectivity index (χ0n) is 7.40. The second-order valence-corrected chi connectivity index (χ2v) is 2.62. The van der Waals surface area contributed by atoms with Gasteiger partial charge in [0.1, 0.15) is 0 Å². The van der Waals surface area contributed by atoms with Crippen LogP contribution in [0.15, 0.2) is 43.0 Å². The van der Waals surface area contributed by atoms with E-state index in [-0.39, 0.29) is 0 Å². The predicted molar refractivity (Wildman–Crippen MR) is 50.8 cm³/mol. The van der Waals surface area contributed by atoms with Crippen molar-refractivity contribution in [3.8, 4) is 0 Å². The Hall–Kier alpha value is -1.31. The van der Waals surface area contributed by atoms with E-state index < -0.39 is 0 Å². The molecule has 0 amide bonds. The van der Waals surface area contributed by atoms with Crippen LogP contribution in [0.4, 0.5) is 0 Å². The first-order valence-electron chi connectivity index (χ1n) is 4.10. The van der Waals surface area contributed by atoms with Crippen LogP contribution in [0.1, 0.15) is 13.3 Å². The second kappa shape index (κ2) is 4.54. The Balaban J connectivity index is 2.40. The molecule has 1 aromatic heterocycles. The molecule has 0 saturated carbocycles.